The molecule has 1 rings (SSSR count). The summed E-state index contributed by atoms with van der Waals surface area (Å²) in [4.78, 5) is 11.4. The number of aromatic hydroxyl groups is 1. The van der Waals surface area contributed by atoms with E-state index in [0.717, 1.165) is 18.5 Å². The van der Waals surface area contributed by atoms with Crippen molar-refractivity contribution in [3.05, 3.63) is 22.2 Å². The predicted molar refractivity (Wildman–Crippen MR) is 82.0 cm³/mol. The van der Waals surface area contributed by atoms with Gasteiger partial charge in [-0.1, -0.05) is 6.92 Å². The monoisotopic (exact) mass is 344 g/mol. The Hall–Kier alpha value is -1.27. The molecule has 20 heavy (non-hydrogen) atoms. The number of amides is 1. The molecule has 1 aromatic rings. The van der Waals surface area contributed by atoms with Crippen molar-refractivity contribution in [3.8, 4) is 11.5 Å². The predicted octanol–water partition coefficient (Wildman–Crippen LogP) is 2.17. The second kappa shape index (κ2) is 8.81. The minimum atomic E-state index is 0.0591. The minimum absolute atomic E-state index is 0.0591. The third-order valence-corrected chi connectivity index (χ3v) is 3.34. The maximum Gasteiger partial charge on any atom is 0.221 e. The van der Waals surface area contributed by atoms with Crippen LogP contribution in [0.3, 0.4) is 0 Å². The first kappa shape index (κ1) is 16.8. The van der Waals surface area contributed by atoms with Crippen LogP contribution in [0.5, 0.6) is 11.5 Å². The number of halogens is 1. The van der Waals surface area contributed by atoms with E-state index in [1.807, 2.05) is 13.0 Å². The molecule has 112 valence electrons. The van der Waals surface area contributed by atoms with Crippen molar-refractivity contribution in [1.82, 2.24) is 10.6 Å². The molecular formula is C14H21BrN2O3. The maximum absolute atomic E-state index is 11.4. The molecule has 0 saturated heterocycles. The lowest BCUT2D eigenvalue weighted by molar-refractivity contribution is -0.120. The molecule has 3 N–H and O–H groups in total. The van der Waals surface area contributed by atoms with Crippen LogP contribution in [0.15, 0.2) is 16.6 Å². The maximum atomic E-state index is 11.4. The van der Waals surface area contributed by atoms with Crippen LogP contribution in [0.2, 0.25) is 0 Å². The van der Waals surface area contributed by atoms with E-state index in [-0.39, 0.29) is 11.7 Å². The van der Waals surface area contributed by atoms with Crippen molar-refractivity contribution >= 4 is 21.8 Å². The average Bonchev–Trinajstić information content (AvgIpc) is 2.44. The summed E-state index contributed by atoms with van der Waals surface area (Å²) in [5.41, 5.74) is 0.973. The number of benzene rings is 1. The molecule has 0 spiro atoms. The first-order chi connectivity index (χ1) is 9.58. The first-order valence-electron chi connectivity index (χ1n) is 6.61. The van der Waals surface area contributed by atoms with Crippen LogP contribution in [0.4, 0.5) is 0 Å². The molecule has 0 aromatic heterocycles. The van der Waals surface area contributed by atoms with Gasteiger partial charge < -0.3 is 20.5 Å². The fourth-order valence-corrected chi connectivity index (χ4v) is 2.16. The fraction of sp³-hybridized carbons (Fsp3) is 0.500. The lowest BCUT2D eigenvalue weighted by atomic mass is 10.2. The lowest BCUT2D eigenvalue weighted by Crippen LogP contribution is -2.28. The van der Waals surface area contributed by atoms with Crippen molar-refractivity contribution in [3.63, 3.8) is 0 Å². The molecule has 0 fully saturated rings. The molecule has 0 aliphatic carbocycles. The largest absolute Gasteiger partial charge is 0.503 e. The number of methoxy groups -OCH3 is 1. The number of phenolic OH excluding ortho intramolecular Hbond substituents is 1. The van der Waals surface area contributed by atoms with Gasteiger partial charge in [-0.2, -0.15) is 0 Å². The Morgan fingerprint density at radius 1 is 1.40 bits per heavy atom. The summed E-state index contributed by atoms with van der Waals surface area (Å²) in [5, 5.41) is 15.7. The van der Waals surface area contributed by atoms with Crippen LogP contribution in [-0.2, 0) is 11.3 Å². The first-order valence-corrected chi connectivity index (χ1v) is 7.40. The van der Waals surface area contributed by atoms with Gasteiger partial charge in [-0.3, -0.25) is 4.79 Å². The highest BCUT2D eigenvalue weighted by molar-refractivity contribution is 9.10. The van der Waals surface area contributed by atoms with E-state index < -0.39 is 0 Å². The quantitative estimate of drug-likeness (QED) is 0.632. The molecule has 6 heteroatoms. The minimum Gasteiger partial charge on any atom is -0.503 e. The average molecular weight is 345 g/mol. The highest BCUT2D eigenvalue weighted by atomic mass is 79.9. The Bertz CT molecular complexity index is 452. The Morgan fingerprint density at radius 2 is 2.15 bits per heavy atom. The lowest BCUT2D eigenvalue weighted by Gasteiger charge is -2.10. The zero-order valence-electron chi connectivity index (χ0n) is 11.8. The zero-order chi connectivity index (χ0) is 15.0. The van der Waals surface area contributed by atoms with E-state index >= 15 is 0 Å². The summed E-state index contributed by atoms with van der Waals surface area (Å²) in [6, 6.07) is 3.59. The smallest absolute Gasteiger partial charge is 0.221 e. The Balaban J connectivity index is 2.39. The molecule has 0 aliphatic rings. The number of nitrogens with one attached hydrogen (secondary N) is 2. The van der Waals surface area contributed by atoms with Crippen LogP contribution >= 0.6 is 15.9 Å². The standard InChI is InChI=1S/C14H21BrN2O3/c1-3-5-17-13(18)4-6-16-9-10-7-11(15)14(19)12(8-10)20-2/h7-8,16,19H,3-6,9H2,1-2H3,(H,17,18). The summed E-state index contributed by atoms with van der Waals surface area (Å²) in [6.45, 7) is 3.96. The van der Waals surface area contributed by atoms with Crippen molar-refractivity contribution < 1.29 is 14.6 Å². The van der Waals surface area contributed by atoms with Crippen LogP contribution in [0.1, 0.15) is 25.3 Å². The van der Waals surface area contributed by atoms with E-state index in [4.69, 9.17) is 4.74 Å². The van der Waals surface area contributed by atoms with Gasteiger partial charge in [-0.25, -0.2) is 0 Å². The Kier molecular flexibility index (Phi) is 7.40. The zero-order valence-corrected chi connectivity index (χ0v) is 13.4. The Morgan fingerprint density at radius 3 is 2.80 bits per heavy atom. The molecule has 0 heterocycles. The van der Waals surface area contributed by atoms with Gasteiger partial charge in [0, 0.05) is 26.1 Å². The molecule has 1 amide bonds. The van der Waals surface area contributed by atoms with Crippen molar-refractivity contribution in [2.75, 3.05) is 20.2 Å². The van der Waals surface area contributed by atoms with E-state index in [1.165, 1.54) is 7.11 Å². The number of phenols is 1. The van der Waals surface area contributed by atoms with Crippen molar-refractivity contribution in [2.45, 2.75) is 26.3 Å². The third kappa shape index (κ3) is 5.38. The topological polar surface area (TPSA) is 70.6 Å². The second-order valence-electron chi connectivity index (χ2n) is 4.41. The van der Waals surface area contributed by atoms with E-state index in [0.29, 0.717) is 29.7 Å². The van der Waals surface area contributed by atoms with Gasteiger partial charge in [0.2, 0.25) is 5.91 Å². The normalized spacial score (nSPS) is 10.3. The Labute approximate surface area is 127 Å². The summed E-state index contributed by atoms with van der Waals surface area (Å²) in [7, 11) is 1.51. The fourth-order valence-electron chi connectivity index (χ4n) is 1.67. The van der Waals surface area contributed by atoms with Crippen molar-refractivity contribution in [1.29, 1.82) is 0 Å². The number of carbonyl (C=O) groups is 1. The number of carbonyl (C=O) groups excluding carboxylic acids is 1. The SMILES string of the molecule is CCCNC(=O)CCNCc1cc(Br)c(O)c(OC)c1. The van der Waals surface area contributed by atoms with Crippen LogP contribution in [0, 0.1) is 0 Å². The van der Waals surface area contributed by atoms with Gasteiger partial charge in [-0.15, -0.1) is 0 Å². The van der Waals surface area contributed by atoms with Crippen LogP contribution < -0.4 is 15.4 Å². The molecular weight excluding hydrogens is 324 g/mol. The summed E-state index contributed by atoms with van der Waals surface area (Å²) in [6.07, 6.45) is 1.40. The molecule has 5 nitrogen and oxygen atoms in total. The molecule has 0 saturated carbocycles. The molecule has 0 bridgehead atoms. The number of ether oxygens (including phenoxy) is 1. The van der Waals surface area contributed by atoms with Crippen molar-refractivity contribution in [2.24, 2.45) is 0 Å². The molecule has 0 unspecified atom stereocenters. The summed E-state index contributed by atoms with van der Waals surface area (Å²) in [5.74, 6) is 0.580. The number of rotatable bonds is 8. The van der Waals surface area contributed by atoms with Gasteiger partial charge in [0.05, 0.1) is 11.6 Å². The molecule has 0 atom stereocenters. The summed E-state index contributed by atoms with van der Waals surface area (Å²) >= 11 is 3.28. The van der Waals surface area contributed by atoms with Gasteiger partial charge >= 0.3 is 0 Å². The van der Waals surface area contributed by atoms with Crippen LogP contribution in [0.25, 0.3) is 0 Å². The molecule has 0 radical (unpaired) electrons. The number of hydrogen-bond donors (Lipinski definition) is 3. The van der Waals surface area contributed by atoms with Crippen LogP contribution in [-0.4, -0.2) is 31.2 Å². The highest BCUT2D eigenvalue weighted by Gasteiger charge is 2.08. The third-order valence-electron chi connectivity index (χ3n) is 2.74. The van der Waals surface area contributed by atoms with Gasteiger partial charge in [-0.05, 0) is 40.0 Å². The van der Waals surface area contributed by atoms with E-state index in [2.05, 4.69) is 26.6 Å². The van der Waals surface area contributed by atoms with Gasteiger partial charge in [0.1, 0.15) is 0 Å². The van der Waals surface area contributed by atoms with Gasteiger partial charge in [0.15, 0.2) is 11.5 Å². The second-order valence-corrected chi connectivity index (χ2v) is 5.26. The number of hydrogen-bond acceptors (Lipinski definition) is 4. The molecule has 0 aliphatic heterocycles. The highest BCUT2D eigenvalue weighted by Crippen LogP contribution is 2.35. The van der Waals surface area contributed by atoms with E-state index in [9.17, 15) is 9.90 Å². The summed E-state index contributed by atoms with van der Waals surface area (Å²) < 4.78 is 5.68. The molecule has 1 aromatic carbocycles. The van der Waals surface area contributed by atoms with E-state index in [1.54, 1.807) is 6.07 Å². The van der Waals surface area contributed by atoms with Gasteiger partial charge in [0.25, 0.3) is 0 Å².